The fourth-order valence-corrected chi connectivity index (χ4v) is 4.11. The summed E-state index contributed by atoms with van der Waals surface area (Å²) >= 11 is 0. The molecule has 1 aliphatic rings. The minimum atomic E-state index is -1.41. The molecule has 0 radical (unpaired) electrons. The fraction of sp³-hybridized carbons (Fsp3) is 0.542. The van der Waals surface area contributed by atoms with Crippen molar-refractivity contribution < 1.29 is 34.2 Å². The Morgan fingerprint density at radius 3 is 2.33 bits per heavy atom. The number of hydrogen-bond donors (Lipinski definition) is 6. The standard InChI is InChI=1S/C24H35N5O7/c25-11-5-4-9-16(26)21(32)27-17(14-20(30)31)23(34)29-12-6-10-19(29)22(33)28-18(24(35)36)13-15-7-2-1-3-8-15/h1-3,7-8,16-19H,4-6,9-14,25-26H2,(H,27,32)(H,28,33)(H,30,31)(H,35,36). The number of carbonyl (C=O) groups excluding carboxylic acids is 3. The highest BCUT2D eigenvalue weighted by atomic mass is 16.4. The number of benzene rings is 1. The molecule has 4 atom stereocenters. The maximum atomic E-state index is 13.2. The summed E-state index contributed by atoms with van der Waals surface area (Å²) in [5.41, 5.74) is 12.0. The molecule has 1 aliphatic heterocycles. The third-order valence-corrected chi connectivity index (χ3v) is 6.04. The lowest BCUT2D eigenvalue weighted by Gasteiger charge is -2.29. The zero-order chi connectivity index (χ0) is 26.7. The maximum absolute atomic E-state index is 13.2. The molecule has 12 nitrogen and oxygen atoms in total. The number of aliphatic carboxylic acids is 2. The lowest BCUT2D eigenvalue weighted by atomic mass is 10.0. The molecule has 1 aromatic carbocycles. The molecule has 0 spiro atoms. The molecule has 3 amide bonds. The average Bonchev–Trinajstić information content (AvgIpc) is 3.33. The largest absolute Gasteiger partial charge is 0.481 e. The summed E-state index contributed by atoms with van der Waals surface area (Å²) in [5.74, 6) is -4.57. The second-order valence-corrected chi connectivity index (χ2v) is 8.83. The van der Waals surface area contributed by atoms with Gasteiger partial charge in [0.25, 0.3) is 0 Å². The van der Waals surface area contributed by atoms with E-state index in [1.54, 1.807) is 30.3 Å². The summed E-state index contributed by atoms with van der Waals surface area (Å²) in [6.45, 7) is 0.614. The first-order chi connectivity index (χ1) is 17.1. The van der Waals surface area contributed by atoms with E-state index in [0.29, 0.717) is 32.2 Å². The topological polar surface area (TPSA) is 205 Å². The number of hydrogen-bond acceptors (Lipinski definition) is 7. The molecule has 0 aliphatic carbocycles. The predicted molar refractivity (Wildman–Crippen MR) is 130 cm³/mol. The van der Waals surface area contributed by atoms with E-state index in [0.717, 1.165) is 5.56 Å². The Morgan fingerprint density at radius 2 is 1.72 bits per heavy atom. The van der Waals surface area contributed by atoms with E-state index in [4.69, 9.17) is 11.5 Å². The van der Waals surface area contributed by atoms with Gasteiger partial charge in [-0.1, -0.05) is 36.8 Å². The highest BCUT2D eigenvalue weighted by molar-refractivity contribution is 5.96. The number of unbranched alkanes of at least 4 members (excludes halogenated alkanes) is 1. The second-order valence-electron chi connectivity index (χ2n) is 8.83. The van der Waals surface area contributed by atoms with Crippen LogP contribution in [0.25, 0.3) is 0 Å². The minimum Gasteiger partial charge on any atom is -0.481 e. The average molecular weight is 506 g/mol. The van der Waals surface area contributed by atoms with Gasteiger partial charge in [-0.2, -0.15) is 0 Å². The van der Waals surface area contributed by atoms with Gasteiger partial charge in [0.05, 0.1) is 12.5 Å². The van der Waals surface area contributed by atoms with Gasteiger partial charge in [0.15, 0.2) is 0 Å². The van der Waals surface area contributed by atoms with E-state index in [1.807, 2.05) is 0 Å². The van der Waals surface area contributed by atoms with E-state index in [9.17, 15) is 34.2 Å². The van der Waals surface area contributed by atoms with E-state index in [-0.39, 0.29) is 19.4 Å². The summed E-state index contributed by atoms with van der Waals surface area (Å²) in [6.07, 6.45) is 1.71. The smallest absolute Gasteiger partial charge is 0.326 e. The molecule has 1 heterocycles. The van der Waals surface area contributed by atoms with Crippen LogP contribution >= 0.6 is 0 Å². The molecule has 4 unspecified atom stereocenters. The maximum Gasteiger partial charge on any atom is 0.326 e. The number of likely N-dealkylation sites (tertiary alicyclic amines) is 1. The van der Waals surface area contributed by atoms with Gasteiger partial charge in [0, 0.05) is 13.0 Å². The van der Waals surface area contributed by atoms with Gasteiger partial charge in [-0.25, -0.2) is 4.79 Å². The van der Waals surface area contributed by atoms with Crippen molar-refractivity contribution in [2.75, 3.05) is 13.1 Å². The Kier molecular flexibility index (Phi) is 11.3. The number of carbonyl (C=O) groups is 5. The Labute approximate surface area is 209 Å². The first-order valence-corrected chi connectivity index (χ1v) is 12.0. The SMILES string of the molecule is NCCCCC(N)C(=O)NC(CC(=O)O)C(=O)N1CCCC1C(=O)NC(Cc1ccccc1)C(=O)O. The number of nitrogens with two attached hydrogens (primary N) is 2. The Hall–Kier alpha value is -3.51. The minimum absolute atomic E-state index is 0.0579. The van der Waals surface area contributed by atoms with Crippen LogP contribution in [0.1, 0.15) is 44.1 Å². The van der Waals surface area contributed by atoms with Crippen LogP contribution in [-0.4, -0.2) is 82.0 Å². The van der Waals surface area contributed by atoms with E-state index >= 15 is 0 Å². The molecule has 0 aromatic heterocycles. The van der Waals surface area contributed by atoms with Crippen LogP contribution in [0.5, 0.6) is 0 Å². The van der Waals surface area contributed by atoms with Crippen LogP contribution in [-0.2, 0) is 30.4 Å². The van der Waals surface area contributed by atoms with Gasteiger partial charge >= 0.3 is 11.9 Å². The number of carboxylic acid groups (broad SMARTS) is 2. The number of nitrogens with zero attached hydrogens (tertiary/aromatic N) is 1. The zero-order valence-corrected chi connectivity index (χ0v) is 20.1. The highest BCUT2D eigenvalue weighted by Gasteiger charge is 2.39. The fourth-order valence-electron chi connectivity index (χ4n) is 4.11. The van der Waals surface area contributed by atoms with Crippen LogP contribution in [0.3, 0.4) is 0 Å². The third-order valence-electron chi connectivity index (χ3n) is 6.04. The first kappa shape index (κ1) is 28.7. The van der Waals surface area contributed by atoms with Gasteiger partial charge in [-0.05, 0) is 37.8 Å². The van der Waals surface area contributed by atoms with Gasteiger partial charge in [-0.15, -0.1) is 0 Å². The summed E-state index contributed by atoms with van der Waals surface area (Å²) in [5, 5.41) is 23.8. The van der Waals surface area contributed by atoms with Crippen molar-refractivity contribution in [1.29, 1.82) is 0 Å². The van der Waals surface area contributed by atoms with Crippen molar-refractivity contribution in [3.8, 4) is 0 Å². The molecule has 36 heavy (non-hydrogen) atoms. The molecule has 198 valence electrons. The molecular formula is C24H35N5O7. The van der Waals surface area contributed by atoms with E-state index in [2.05, 4.69) is 10.6 Å². The Balaban J connectivity index is 2.09. The number of nitrogens with one attached hydrogen (secondary N) is 2. The zero-order valence-electron chi connectivity index (χ0n) is 20.1. The molecule has 0 bridgehead atoms. The molecule has 2 rings (SSSR count). The molecular weight excluding hydrogens is 470 g/mol. The van der Waals surface area contributed by atoms with Crippen LogP contribution in [0.4, 0.5) is 0 Å². The Morgan fingerprint density at radius 1 is 1.03 bits per heavy atom. The number of carboxylic acids is 2. The van der Waals surface area contributed by atoms with Gasteiger partial charge in [0.1, 0.15) is 18.1 Å². The van der Waals surface area contributed by atoms with Crippen LogP contribution in [0.2, 0.25) is 0 Å². The molecule has 1 fully saturated rings. The molecule has 1 saturated heterocycles. The summed E-state index contributed by atoms with van der Waals surface area (Å²) in [7, 11) is 0. The highest BCUT2D eigenvalue weighted by Crippen LogP contribution is 2.20. The molecule has 12 heteroatoms. The monoisotopic (exact) mass is 505 g/mol. The van der Waals surface area contributed by atoms with Gasteiger partial charge in [-0.3, -0.25) is 19.2 Å². The van der Waals surface area contributed by atoms with Crippen molar-refractivity contribution in [3.63, 3.8) is 0 Å². The number of rotatable bonds is 14. The summed E-state index contributed by atoms with van der Waals surface area (Å²) in [4.78, 5) is 63.0. The van der Waals surface area contributed by atoms with Crippen LogP contribution in [0, 0.1) is 0 Å². The Bertz CT molecular complexity index is 927. The normalized spacial score (nSPS) is 17.6. The van der Waals surface area contributed by atoms with Crippen LogP contribution < -0.4 is 22.1 Å². The van der Waals surface area contributed by atoms with E-state index in [1.165, 1.54) is 4.90 Å². The molecule has 1 aromatic rings. The molecule has 8 N–H and O–H groups in total. The van der Waals surface area contributed by atoms with Crippen molar-refractivity contribution in [3.05, 3.63) is 35.9 Å². The van der Waals surface area contributed by atoms with Crippen molar-refractivity contribution in [1.82, 2.24) is 15.5 Å². The van der Waals surface area contributed by atoms with Crippen molar-refractivity contribution >= 4 is 29.7 Å². The van der Waals surface area contributed by atoms with E-state index < -0.39 is 60.2 Å². The second kappa shape index (κ2) is 14.1. The number of amides is 3. The summed E-state index contributed by atoms with van der Waals surface area (Å²) < 4.78 is 0. The first-order valence-electron chi connectivity index (χ1n) is 12.0. The van der Waals surface area contributed by atoms with Crippen LogP contribution in [0.15, 0.2) is 30.3 Å². The quantitative estimate of drug-likeness (QED) is 0.175. The molecule has 0 saturated carbocycles. The van der Waals surface area contributed by atoms with Gasteiger partial charge < -0.3 is 37.2 Å². The van der Waals surface area contributed by atoms with Crippen molar-refractivity contribution in [2.24, 2.45) is 11.5 Å². The predicted octanol–water partition coefficient (Wildman–Crippen LogP) is -0.795. The summed E-state index contributed by atoms with van der Waals surface area (Å²) in [6, 6.07) is 4.25. The third kappa shape index (κ3) is 8.61. The lowest BCUT2D eigenvalue weighted by Crippen LogP contribution is -2.57. The van der Waals surface area contributed by atoms with Crippen molar-refractivity contribution in [2.45, 2.75) is 69.1 Å². The van der Waals surface area contributed by atoms with Gasteiger partial charge in [0.2, 0.25) is 17.7 Å². The lowest BCUT2D eigenvalue weighted by molar-refractivity contribution is -0.147.